The molecule has 4 atom stereocenters. The monoisotopic (exact) mass is 487 g/mol. The Morgan fingerprint density at radius 1 is 0.806 bits per heavy atom. The van der Waals surface area contributed by atoms with E-state index in [-0.39, 0.29) is 19.8 Å². The highest BCUT2D eigenvalue weighted by Gasteiger charge is 2.19. The molecule has 4 unspecified atom stereocenters. The van der Waals surface area contributed by atoms with Crippen LogP contribution in [0, 0.1) is 5.92 Å². The normalized spacial score (nSPS) is 15.4. The summed E-state index contributed by atoms with van der Waals surface area (Å²) in [5.41, 5.74) is 5.42. The van der Waals surface area contributed by atoms with Crippen LogP contribution in [-0.2, 0) is 19.1 Å². The third-order valence-corrected chi connectivity index (χ3v) is 6.79. The van der Waals surface area contributed by atoms with Gasteiger partial charge in [0.25, 0.3) is 0 Å². The van der Waals surface area contributed by atoms with Crippen LogP contribution in [0.2, 0.25) is 0 Å². The summed E-state index contributed by atoms with van der Waals surface area (Å²) >= 11 is 0. The number of unbranched alkanes of at least 4 members (excludes halogenated alkanes) is 1. The molecule has 0 heterocycles. The van der Waals surface area contributed by atoms with Crippen molar-refractivity contribution in [1.29, 1.82) is 0 Å². The topological polar surface area (TPSA) is 180 Å². The largest absolute Gasteiger partial charge is 0.481 e. The highest BCUT2D eigenvalue weighted by molar-refractivity contribution is 8.76. The minimum absolute atomic E-state index is 0.0941. The highest BCUT2D eigenvalue weighted by Crippen LogP contribution is 2.26. The van der Waals surface area contributed by atoms with Crippen LogP contribution in [0.15, 0.2) is 0 Å². The van der Waals surface area contributed by atoms with Crippen molar-refractivity contribution >= 4 is 33.5 Å². The molecular formula is C19H37NO9S2. The number of hydrogen-bond acceptors (Lipinski definition) is 10. The first-order chi connectivity index (χ1) is 14.8. The zero-order valence-electron chi connectivity index (χ0n) is 17.8. The molecule has 184 valence electrons. The molecule has 31 heavy (non-hydrogen) atoms. The molecule has 0 aliphatic rings. The van der Waals surface area contributed by atoms with E-state index in [9.17, 15) is 19.8 Å². The van der Waals surface area contributed by atoms with Gasteiger partial charge in [-0.25, -0.2) is 0 Å². The molecule has 7 N–H and O–H groups in total. The number of carboxylic acid groups (broad SMARTS) is 2. The molecule has 12 heteroatoms. The van der Waals surface area contributed by atoms with E-state index in [0.29, 0.717) is 50.4 Å². The third kappa shape index (κ3) is 18.7. The molecule has 0 spiro atoms. The Kier molecular flexibility index (Phi) is 19.7. The Hall–Kier alpha value is -0.600. The molecule has 0 aromatic carbocycles. The first-order valence-corrected chi connectivity index (χ1v) is 12.8. The van der Waals surface area contributed by atoms with Crippen LogP contribution >= 0.6 is 21.6 Å². The second kappa shape index (κ2) is 20.0. The molecule has 10 nitrogen and oxygen atoms in total. The molecule has 0 fully saturated rings. The van der Waals surface area contributed by atoms with Crippen LogP contribution in [-0.4, -0.2) is 100 Å². The number of ether oxygens (including phenoxy) is 2. The number of aliphatic hydroxyl groups excluding tert-OH is 3. The van der Waals surface area contributed by atoms with Gasteiger partial charge in [-0.3, -0.25) is 9.59 Å². The Labute approximate surface area is 191 Å². The molecule has 0 aromatic heterocycles. The van der Waals surface area contributed by atoms with Gasteiger partial charge in [-0.05, 0) is 38.5 Å². The predicted octanol–water partition coefficient (Wildman–Crippen LogP) is 0.568. The van der Waals surface area contributed by atoms with E-state index in [1.54, 1.807) is 0 Å². The van der Waals surface area contributed by atoms with Crippen LogP contribution in [0.1, 0.15) is 38.5 Å². The zero-order chi connectivity index (χ0) is 23.5. The number of carboxylic acids is 2. The maximum atomic E-state index is 11.4. The van der Waals surface area contributed by atoms with Gasteiger partial charge >= 0.3 is 11.9 Å². The molecule has 0 radical (unpaired) electrons. The minimum atomic E-state index is -1.02. The fourth-order valence-electron chi connectivity index (χ4n) is 2.37. The lowest BCUT2D eigenvalue weighted by Crippen LogP contribution is -2.30. The van der Waals surface area contributed by atoms with Gasteiger partial charge in [-0.1, -0.05) is 21.6 Å². The fraction of sp³-hybridized carbons (Fsp3) is 0.895. The van der Waals surface area contributed by atoms with Crippen LogP contribution < -0.4 is 5.73 Å². The second-order valence-electron chi connectivity index (χ2n) is 7.13. The predicted molar refractivity (Wildman–Crippen MR) is 120 cm³/mol. The molecular weight excluding hydrogens is 450 g/mol. The summed E-state index contributed by atoms with van der Waals surface area (Å²) in [6.07, 6.45) is 1.40. The summed E-state index contributed by atoms with van der Waals surface area (Å²) < 4.78 is 10.6. The van der Waals surface area contributed by atoms with Crippen molar-refractivity contribution in [1.82, 2.24) is 0 Å². The summed E-state index contributed by atoms with van der Waals surface area (Å²) in [6.45, 7) is 0.809. The summed E-state index contributed by atoms with van der Waals surface area (Å²) in [5, 5.41) is 45.8. The Morgan fingerprint density at radius 3 is 1.87 bits per heavy atom. The van der Waals surface area contributed by atoms with E-state index >= 15 is 0 Å². The average Bonchev–Trinajstić information content (AvgIpc) is 2.73. The highest BCUT2D eigenvalue weighted by atomic mass is 33.1. The Morgan fingerprint density at radius 2 is 1.35 bits per heavy atom. The van der Waals surface area contributed by atoms with Gasteiger partial charge in [0.1, 0.15) is 12.1 Å². The molecule has 0 aromatic rings. The molecule has 0 aliphatic carbocycles. The van der Waals surface area contributed by atoms with E-state index in [0.717, 1.165) is 12.8 Å². The van der Waals surface area contributed by atoms with Gasteiger partial charge in [-0.2, -0.15) is 0 Å². The second-order valence-corrected chi connectivity index (χ2v) is 9.83. The lowest BCUT2D eigenvalue weighted by atomic mass is 9.98. The standard InChI is InChI=1S/C19H37NO9S2/c20-17(19(26)27)6-10-31-30-9-5-14(18(24)25)3-4-15(22)12-28-7-1-2-8-29-13-16(23)11-21/h14-17,21-23H,1-13,20H2,(H,24,25)(H,26,27). The number of carbonyl (C=O) groups is 2. The van der Waals surface area contributed by atoms with Crippen molar-refractivity contribution in [2.24, 2.45) is 11.7 Å². The summed E-state index contributed by atoms with van der Waals surface area (Å²) in [7, 11) is 2.97. The van der Waals surface area contributed by atoms with Crippen LogP contribution in [0.5, 0.6) is 0 Å². The van der Waals surface area contributed by atoms with E-state index in [2.05, 4.69) is 0 Å². The van der Waals surface area contributed by atoms with E-state index in [1.165, 1.54) is 21.6 Å². The van der Waals surface area contributed by atoms with E-state index < -0.39 is 36.1 Å². The van der Waals surface area contributed by atoms with Gasteiger partial charge in [0.2, 0.25) is 0 Å². The van der Waals surface area contributed by atoms with Crippen LogP contribution in [0.25, 0.3) is 0 Å². The number of aliphatic carboxylic acids is 2. The van der Waals surface area contributed by atoms with Crippen molar-refractivity contribution in [3.63, 3.8) is 0 Å². The zero-order valence-corrected chi connectivity index (χ0v) is 19.4. The first kappa shape index (κ1) is 30.4. The molecule has 0 saturated carbocycles. The fourth-order valence-corrected chi connectivity index (χ4v) is 4.63. The van der Waals surface area contributed by atoms with Gasteiger partial charge in [0.05, 0.1) is 31.8 Å². The Bertz CT molecular complexity index is 474. The summed E-state index contributed by atoms with van der Waals surface area (Å²) in [4.78, 5) is 22.0. The maximum Gasteiger partial charge on any atom is 0.320 e. The number of aliphatic hydroxyl groups is 3. The molecule has 0 bridgehead atoms. The van der Waals surface area contributed by atoms with E-state index in [1.807, 2.05) is 0 Å². The maximum absolute atomic E-state index is 11.4. The lowest BCUT2D eigenvalue weighted by molar-refractivity contribution is -0.142. The third-order valence-electron chi connectivity index (χ3n) is 4.32. The minimum Gasteiger partial charge on any atom is -0.481 e. The van der Waals surface area contributed by atoms with Crippen LogP contribution in [0.3, 0.4) is 0 Å². The molecule has 0 amide bonds. The van der Waals surface area contributed by atoms with Crippen molar-refractivity contribution < 1.29 is 44.6 Å². The number of hydrogen-bond donors (Lipinski definition) is 6. The molecule has 0 aliphatic heterocycles. The van der Waals surface area contributed by atoms with Crippen molar-refractivity contribution in [3.8, 4) is 0 Å². The summed E-state index contributed by atoms with van der Waals surface area (Å²) in [5.74, 6) is -1.26. The smallest absolute Gasteiger partial charge is 0.320 e. The van der Waals surface area contributed by atoms with Gasteiger partial charge < -0.3 is 40.7 Å². The van der Waals surface area contributed by atoms with Crippen molar-refractivity contribution in [2.45, 2.75) is 56.8 Å². The molecule has 0 saturated heterocycles. The number of nitrogens with two attached hydrogens (primary N) is 1. The quantitative estimate of drug-likeness (QED) is 0.0924. The molecule has 0 rings (SSSR count). The van der Waals surface area contributed by atoms with Gasteiger partial charge in [0, 0.05) is 24.7 Å². The van der Waals surface area contributed by atoms with E-state index in [4.69, 9.17) is 30.5 Å². The van der Waals surface area contributed by atoms with Crippen molar-refractivity contribution in [2.75, 3.05) is 44.5 Å². The summed E-state index contributed by atoms with van der Waals surface area (Å²) in [6, 6.07) is -0.872. The van der Waals surface area contributed by atoms with Gasteiger partial charge in [0.15, 0.2) is 0 Å². The number of rotatable bonds is 22. The van der Waals surface area contributed by atoms with Gasteiger partial charge in [-0.15, -0.1) is 0 Å². The van der Waals surface area contributed by atoms with Crippen LogP contribution in [0.4, 0.5) is 0 Å². The lowest BCUT2D eigenvalue weighted by Gasteiger charge is -2.15. The average molecular weight is 488 g/mol. The SMILES string of the molecule is NC(CCSSCCC(CCC(O)COCCCCOCC(O)CO)C(=O)O)C(=O)O. The Balaban J connectivity index is 3.73. The van der Waals surface area contributed by atoms with Crippen molar-refractivity contribution in [3.05, 3.63) is 0 Å². The first-order valence-electron chi connectivity index (χ1n) is 10.4.